The van der Waals surface area contributed by atoms with E-state index in [4.69, 9.17) is 10.5 Å². The van der Waals surface area contributed by atoms with Gasteiger partial charge in [0, 0.05) is 19.0 Å². The topological polar surface area (TPSA) is 64.3 Å². The lowest BCUT2D eigenvalue weighted by Crippen LogP contribution is -2.32. The van der Waals surface area contributed by atoms with Crippen molar-refractivity contribution in [2.45, 2.75) is 20.3 Å². The molecule has 0 aliphatic rings. The van der Waals surface area contributed by atoms with Crippen LogP contribution in [0.4, 0.5) is 0 Å². The first-order chi connectivity index (χ1) is 6.22. The SMILES string of the molecule is CCC(C)C(=O)NCCOCCN. The van der Waals surface area contributed by atoms with Crippen molar-refractivity contribution in [2.75, 3.05) is 26.3 Å². The number of carbonyl (C=O) groups is 1. The van der Waals surface area contributed by atoms with Crippen LogP contribution in [-0.2, 0) is 9.53 Å². The van der Waals surface area contributed by atoms with Crippen molar-refractivity contribution < 1.29 is 9.53 Å². The first-order valence-electron chi connectivity index (χ1n) is 4.77. The van der Waals surface area contributed by atoms with Crippen LogP contribution in [0.5, 0.6) is 0 Å². The fourth-order valence-electron chi connectivity index (χ4n) is 0.791. The van der Waals surface area contributed by atoms with Crippen LogP contribution in [0.3, 0.4) is 0 Å². The lowest BCUT2D eigenvalue weighted by atomic mass is 10.1. The summed E-state index contributed by atoms with van der Waals surface area (Å²) in [6.45, 7) is 6.10. The van der Waals surface area contributed by atoms with Crippen molar-refractivity contribution in [3.8, 4) is 0 Å². The van der Waals surface area contributed by atoms with E-state index in [0.29, 0.717) is 26.3 Å². The summed E-state index contributed by atoms with van der Waals surface area (Å²) >= 11 is 0. The Balaban J connectivity index is 3.27. The molecule has 1 amide bonds. The summed E-state index contributed by atoms with van der Waals surface area (Å²) in [5, 5.41) is 2.79. The highest BCUT2D eigenvalue weighted by molar-refractivity contribution is 5.78. The highest BCUT2D eigenvalue weighted by Gasteiger charge is 2.08. The Morgan fingerprint density at radius 2 is 2.23 bits per heavy atom. The van der Waals surface area contributed by atoms with Crippen molar-refractivity contribution in [1.29, 1.82) is 0 Å². The van der Waals surface area contributed by atoms with Gasteiger partial charge in [0.15, 0.2) is 0 Å². The highest BCUT2D eigenvalue weighted by atomic mass is 16.5. The molecule has 0 rings (SSSR count). The van der Waals surface area contributed by atoms with Gasteiger partial charge in [-0.25, -0.2) is 0 Å². The average Bonchev–Trinajstić information content (AvgIpc) is 2.16. The Morgan fingerprint density at radius 1 is 1.54 bits per heavy atom. The highest BCUT2D eigenvalue weighted by Crippen LogP contribution is 1.98. The second-order valence-electron chi connectivity index (χ2n) is 3.00. The fraction of sp³-hybridized carbons (Fsp3) is 0.889. The minimum Gasteiger partial charge on any atom is -0.378 e. The monoisotopic (exact) mass is 188 g/mol. The van der Waals surface area contributed by atoms with E-state index in [-0.39, 0.29) is 11.8 Å². The van der Waals surface area contributed by atoms with E-state index in [1.807, 2.05) is 13.8 Å². The van der Waals surface area contributed by atoms with Crippen molar-refractivity contribution in [3.63, 3.8) is 0 Å². The molecule has 78 valence electrons. The molecule has 0 aromatic rings. The fourth-order valence-corrected chi connectivity index (χ4v) is 0.791. The molecular weight excluding hydrogens is 168 g/mol. The lowest BCUT2D eigenvalue weighted by molar-refractivity contribution is -0.124. The second kappa shape index (κ2) is 8.01. The lowest BCUT2D eigenvalue weighted by Gasteiger charge is -2.09. The van der Waals surface area contributed by atoms with Gasteiger partial charge in [-0.05, 0) is 6.42 Å². The van der Waals surface area contributed by atoms with Gasteiger partial charge < -0.3 is 15.8 Å². The molecule has 3 N–H and O–H groups in total. The quantitative estimate of drug-likeness (QED) is 0.558. The van der Waals surface area contributed by atoms with E-state index in [0.717, 1.165) is 6.42 Å². The average molecular weight is 188 g/mol. The standard InChI is InChI=1S/C9H20N2O2/c1-3-8(2)9(12)11-5-7-13-6-4-10/h8H,3-7,10H2,1-2H3,(H,11,12). The molecule has 0 aliphatic carbocycles. The molecule has 1 unspecified atom stereocenters. The Bertz CT molecular complexity index is 140. The minimum absolute atomic E-state index is 0.0921. The second-order valence-corrected chi connectivity index (χ2v) is 3.00. The normalized spacial score (nSPS) is 12.5. The Kier molecular flexibility index (Phi) is 7.63. The molecule has 0 radical (unpaired) electrons. The molecule has 0 saturated carbocycles. The largest absolute Gasteiger partial charge is 0.378 e. The number of ether oxygens (including phenoxy) is 1. The van der Waals surface area contributed by atoms with E-state index in [2.05, 4.69) is 5.32 Å². The Labute approximate surface area is 79.8 Å². The van der Waals surface area contributed by atoms with Gasteiger partial charge in [0.25, 0.3) is 0 Å². The van der Waals surface area contributed by atoms with Crippen LogP contribution in [-0.4, -0.2) is 32.2 Å². The molecule has 0 aliphatic heterocycles. The molecular formula is C9H20N2O2. The number of rotatable bonds is 7. The van der Waals surface area contributed by atoms with Crippen LogP contribution >= 0.6 is 0 Å². The molecule has 0 fully saturated rings. The summed E-state index contributed by atoms with van der Waals surface area (Å²) in [6, 6.07) is 0. The number of hydrogen-bond acceptors (Lipinski definition) is 3. The van der Waals surface area contributed by atoms with Gasteiger partial charge in [0.05, 0.1) is 13.2 Å². The zero-order valence-electron chi connectivity index (χ0n) is 8.51. The number of carbonyl (C=O) groups excluding carboxylic acids is 1. The molecule has 1 atom stereocenters. The van der Waals surface area contributed by atoms with E-state index in [9.17, 15) is 4.79 Å². The summed E-state index contributed by atoms with van der Waals surface area (Å²) < 4.78 is 5.11. The Hall–Kier alpha value is -0.610. The minimum atomic E-state index is 0.0921. The van der Waals surface area contributed by atoms with Gasteiger partial charge in [-0.2, -0.15) is 0 Å². The van der Waals surface area contributed by atoms with Gasteiger partial charge in [-0.15, -0.1) is 0 Å². The van der Waals surface area contributed by atoms with Gasteiger partial charge >= 0.3 is 0 Å². The van der Waals surface area contributed by atoms with Crippen molar-refractivity contribution >= 4 is 5.91 Å². The number of nitrogens with two attached hydrogens (primary N) is 1. The first kappa shape index (κ1) is 12.4. The third-order valence-corrected chi connectivity index (χ3v) is 1.87. The molecule has 4 nitrogen and oxygen atoms in total. The number of nitrogens with one attached hydrogen (secondary N) is 1. The third kappa shape index (κ3) is 6.54. The molecule has 0 aromatic heterocycles. The number of hydrogen-bond donors (Lipinski definition) is 2. The predicted octanol–water partition coefficient (Wildman–Crippen LogP) is 0.124. The first-order valence-corrected chi connectivity index (χ1v) is 4.77. The van der Waals surface area contributed by atoms with Crippen molar-refractivity contribution in [1.82, 2.24) is 5.32 Å². The van der Waals surface area contributed by atoms with Gasteiger partial charge in [0.1, 0.15) is 0 Å². The van der Waals surface area contributed by atoms with Gasteiger partial charge in [-0.3, -0.25) is 4.79 Å². The van der Waals surface area contributed by atoms with Crippen LogP contribution in [0, 0.1) is 5.92 Å². The van der Waals surface area contributed by atoms with Gasteiger partial charge in [-0.1, -0.05) is 13.8 Å². The van der Waals surface area contributed by atoms with E-state index >= 15 is 0 Å². The smallest absolute Gasteiger partial charge is 0.222 e. The maximum atomic E-state index is 11.2. The van der Waals surface area contributed by atoms with Crippen molar-refractivity contribution in [2.24, 2.45) is 11.7 Å². The zero-order chi connectivity index (χ0) is 10.1. The maximum absolute atomic E-state index is 11.2. The summed E-state index contributed by atoms with van der Waals surface area (Å²) in [7, 11) is 0. The zero-order valence-corrected chi connectivity index (χ0v) is 8.51. The van der Waals surface area contributed by atoms with Crippen LogP contribution in [0.15, 0.2) is 0 Å². The van der Waals surface area contributed by atoms with E-state index in [1.165, 1.54) is 0 Å². The van der Waals surface area contributed by atoms with Crippen LogP contribution in [0.2, 0.25) is 0 Å². The van der Waals surface area contributed by atoms with E-state index in [1.54, 1.807) is 0 Å². The Morgan fingerprint density at radius 3 is 2.77 bits per heavy atom. The third-order valence-electron chi connectivity index (χ3n) is 1.87. The molecule has 4 heteroatoms. The summed E-state index contributed by atoms with van der Waals surface area (Å²) in [5.41, 5.74) is 5.23. The van der Waals surface area contributed by atoms with Crippen LogP contribution < -0.4 is 11.1 Å². The maximum Gasteiger partial charge on any atom is 0.222 e. The summed E-state index contributed by atoms with van der Waals surface area (Å²) in [5.74, 6) is 0.188. The summed E-state index contributed by atoms with van der Waals surface area (Å²) in [6.07, 6.45) is 0.871. The van der Waals surface area contributed by atoms with Crippen molar-refractivity contribution in [3.05, 3.63) is 0 Å². The summed E-state index contributed by atoms with van der Waals surface area (Å²) in [4.78, 5) is 11.2. The van der Waals surface area contributed by atoms with E-state index < -0.39 is 0 Å². The molecule has 0 aromatic carbocycles. The molecule has 0 spiro atoms. The molecule has 0 heterocycles. The molecule has 0 bridgehead atoms. The van der Waals surface area contributed by atoms with Crippen LogP contribution in [0.25, 0.3) is 0 Å². The molecule has 13 heavy (non-hydrogen) atoms. The number of amides is 1. The predicted molar refractivity (Wildman–Crippen MR) is 52.3 cm³/mol. The van der Waals surface area contributed by atoms with Crippen LogP contribution in [0.1, 0.15) is 20.3 Å². The molecule has 0 saturated heterocycles. The van der Waals surface area contributed by atoms with Gasteiger partial charge in [0.2, 0.25) is 5.91 Å².